The lowest BCUT2D eigenvalue weighted by Crippen LogP contribution is -2.15. The van der Waals surface area contributed by atoms with Gasteiger partial charge < -0.3 is 31.1 Å². The van der Waals surface area contributed by atoms with Crippen molar-refractivity contribution in [2.75, 3.05) is 10.6 Å². The standard InChI is InChI=1S/C43H36N4O4/c48-40-15-7-1-9-28(40)36-24-38(46-34-13-5-3-11-32(34)44-36)30-22-26(17-19-42(30)50)21-27-18-20-43(51)31(23-27)39-25-37(29-10-2-8-16-41(29)49)45-33-12-4-6-14-35(33)47-39/h1-20,22-23,38-39,46-51H,21,24-25H2. The first-order valence-electron chi connectivity index (χ1n) is 17.0. The first-order chi connectivity index (χ1) is 24.9. The van der Waals surface area contributed by atoms with Crippen molar-refractivity contribution in [3.63, 3.8) is 0 Å². The van der Waals surface area contributed by atoms with E-state index in [1.165, 1.54) is 0 Å². The number of nitrogens with zero attached hydrogens (tertiary/aromatic N) is 2. The van der Waals surface area contributed by atoms with Crippen LogP contribution in [-0.4, -0.2) is 31.8 Å². The minimum atomic E-state index is -0.329. The normalized spacial score (nSPS) is 16.6. The highest BCUT2D eigenvalue weighted by Crippen LogP contribution is 2.41. The van der Waals surface area contributed by atoms with Gasteiger partial charge in [0.2, 0.25) is 0 Å². The first-order valence-corrected chi connectivity index (χ1v) is 17.0. The molecule has 0 radical (unpaired) electrons. The Bertz CT molecular complexity index is 2170. The van der Waals surface area contributed by atoms with Crippen LogP contribution in [-0.2, 0) is 6.42 Å². The molecule has 0 aliphatic carbocycles. The molecule has 2 aliphatic heterocycles. The number of anilines is 2. The van der Waals surface area contributed by atoms with E-state index in [0.717, 1.165) is 45.0 Å². The van der Waals surface area contributed by atoms with E-state index in [0.29, 0.717) is 41.8 Å². The molecule has 0 spiro atoms. The zero-order valence-electron chi connectivity index (χ0n) is 27.7. The molecule has 6 aromatic carbocycles. The van der Waals surface area contributed by atoms with Crippen LogP contribution in [0, 0.1) is 0 Å². The number of rotatable bonds is 6. The van der Waals surface area contributed by atoms with Gasteiger partial charge in [0.15, 0.2) is 0 Å². The lowest BCUT2D eigenvalue weighted by atomic mass is 9.92. The summed E-state index contributed by atoms with van der Waals surface area (Å²) in [6, 6.07) is 40.5. The summed E-state index contributed by atoms with van der Waals surface area (Å²) >= 11 is 0. The van der Waals surface area contributed by atoms with Gasteiger partial charge in [-0.15, -0.1) is 0 Å². The second-order valence-electron chi connectivity index (χ2n) is 13.0. The Labute approximate surface area is 295 Å². The van der Waals surface area contributed by atoms with Crippen LogP contribution >= 0.6 is 0 Å². The summed E-state index contributed by atoms with van der Waals surface area (Å²) in [6.45, 7) is 0. The predicted molar refractivity (Wildman–Crippen MR) is 202 cm³/mol. The van der Waals surface area contributed by atoms with Gasteiger partial charge in [-0.3, -0.25) is 9.98 Å². The van der Waals surface area contributed by atoms with Crippen molar-refractivity contribution in [2.24, 2.45) is 9.98 Å². The minimum absolute atomic E-state index is 0.154. The molecular weight excluding hydrogens is 636 g/mol. The van der Waals surface area contributed by atoms with E-state index < -0.39 is 0 Å². The molecule has 0 saturated carbocycles. The second kappa shape index (κ2) is 13.4. The quantitative estimate of drug-likeness (QED) is 0.105. The maximum absolute atomic E-state index is 11.2. The summed E-state index contributed by atoms with van der Waals surface area (Å²) < 4.78 is 0. The fourth-order valence-electron chi connectivity index (χ4n) is 7.01. The summed E-state index contributed by atoms with van der Waals surface area (Å²) in [7, 11) is 0. The Morgan fingerprint density at radius 2 is 0.882 bits per heavy atom. The van der Waals surface area contributed by atoms with Gasteiger partial charge in [-0.05, 0) is 90.3 Å². The summed E-state index contributed by atoms with van der Waals surface area (Å²) in [6.07, 6.45) is 1.42. The Kier molecular flexibility index (Phi) is 8.33. The number of aromatic hydroxyl groups is 4. The van der Waals surface area contributed by atoms with Crippen LogP contribution in [0.5, 0.6) is 23.0 Å². The predicted octanol–water partition coefficient (Wildman–Crippen LogP) is 9.46. The molecule has 0 fully saturated rings. The number of benzene rings is 6. The lowest BCUT2D eigenvalue weighted by molar-refractivity contribution is 0.463. The molecular formula is C43H36N4O4. The van der Waals surface area contributed by atoms with Crippen LogP contribution in [0.25, 0.3) is 0 Å². The Morgan fingerprint density at radius 3 is 1.33 bits per heavy atom. The van der Waals surface area contributed by atoms with E-state index in [1.807, 2.05) is 97.1 Å². The highest BCUT2D eigenvalue weighted by Gasteiger charge is 2.27. The molecule has 8 rings (SSSR count). The molecule has 0 bridgehead atoms. The SMILES string of the molecule is Oc1ccccc1C1=Nc2ccccc2NC(c2cc(Cc3ccc(O)c(C4CC(c5ccccc5O)=Nc5ccccc5N4)c3)ccc2O)C1. The summed E-state index contributed by atoms with van der Waals surface area (Å²) in [5, 5.41) is 51.0. The van der Waals surface area contributed by atoms with Crippen molar-refractivity contribution in [2.45, 2.75) is 31.3 Å². The van der Waals surface area contributed by atoms with Crippen LogP contribution in [0.2, 0.25) is 0 Å². The van der Waals surface area contributed by atoms with Crippen molar-refractivity contribution >= 4 is 34.2 Å². The topological polar surface area (TPSA) is 130 Å². The van der Waals surface area contributed by atoms with Gasteiger partial charge in [0.25, 0.3) is 0 Å². The van der Waals surface area contributed by atoms with Crippen molar-refractivity contribution in [1.82, 2.24) is 0 Å². The number of hydrogen-bond donors (Lipinski definition) is 6. The second-order valence-corrected chi connectivity index (χ2v) is 13.0. The van der Waals surface area contributed by atoms with Gasteiger partial charge in [-0.1, -0.05) is 60.7 Å². The molecule has 0 saturated heterocycles. The monoisotopic (exact) mass is 672 g/mol. The van der Waals surface area contributed by atoms with Crippen molar-refractivity contribution in [1.29, 1.82) is 0 Å². The molecule has 2 heterocycles. The van der Waals surface area contributed by atoms with Crippen LogP contribution in [0.15, 0.2) is 143 Å². The molecule has 2 aliphatic rings. The number of phenolic OH excluding ortho intramolecular Hbond substituents is 4. The molecule has 2 unspecified atom stereocenters. The zero-order valence-corrected chi connectivity index (χ0v) is 27.7. The number of aliphatic imine (C=N–C) groups is 2. The number of hydrogen-bond acceptors (Lipinski definition) is 8. The smallest absolute Gasteiger partial charge is 0.124 e. The van der Waals surface area contributed by atoms with Gasteiger partial charge >= 0.3 is 0 Å². The van der Waals surface area contributed by atoms with E-state index in [2.05, 4.69) is 10.6 Å². The third-order valence-electron chi connectivity index (χ3n) is 9.55. The molecule has 8 nitrogen and oxygen atoms in total. The molecule has 8 heteroatoms. The summed E-state index contributed by atoms with van der Waals surface area (Å²) in [5.74, 6) is 0.633. The largest absolute Gasteiger partial charge is 0.508 e. The first kappa shape index (κ1) is 31.7. The molecule has 252 valence electrons. The van der Waals surface area contributed by atoms with Crippen LogP contribution in [0.3, 0.4) is 0 Å². The lowest BCUT2D eigenvalue weighted by Gasteiger charge is -2.22. The van der Waals surface area contributed by atoms with Crippen LogP contribution < -0.4 is 10.6 Å². The van der Waals surface area contributed by atoms with Crippen LogP contribution in [0.1, 0.15) is 58.3 Å². The maximum Gasteiger partial charge on any atom is 0.124 e. The third kappa shape index (κ3) is 6.47. The Morgan fingerprint density at radius 1 is 0.471 bits per heavy atom. The van der Waals surface area contributed by atoms with Gasteiger partial charge in [0, 0.05) is 35.1 Å². The number of fused-ring (bicyclic) bond motifs is 2. The summed E-state index contributed by atoms with van der Waals surface area (Å²) in [4.78, 5) is 9.88. The van der Waals surface area contributed by atoms with Gasteiger partial charge in [0.1, 0.15) is 23.0 Å². The van der Waals surface area contributed by atoms with Crippen molar-refractivity contribution < 1.29 is 20.4 Å². The average Bonchev–Trinajstić information content (AvgIpc) is 3.46. The molecule has 0 amide bonds. The van der Waals surface area contributed by atoms with E-state index in [4.69, 9.17) is 9.98 Å². The average molecular weight is 673 g/mol. The van der Waals surface area contributed by atoms with Crippen molar-refractivity contribution in [3.05, 3.63) is 167 Å². The fraction of sp³-hybridized carbons (Fsp3) is 0.116. The van der Waals surface area contributed by atoms with Gasteiger partial charge in [-0.25, -0.2) is 0 Å². The van der Waals surface area contributed by atoms with E-state index in [1.54, 1.807) is 36.4 Å². The molecule has 6 N–H and O–H groups in total. The van der Waals surface area contributed by atoms with Gasteiger partial charge in [-0.2, -0.15) is 0 Å². The molecule has 51 heavy (non-hydrogen) atoms. The molecule has 2 atom stereocenters. The van der Waals surface area contributed by atoms with Gasteiger partial charge in [0.05, 0.1) is 46.3 Å². The number of nitrogens with one attached hydrogen (secondary N) is 2. The van der Waals surface area contributed by atoms with E-state index >= 15 is 0 Å². The molecule has 0 aromatic heterocycles. The van der Waals surface area contributed by atoms with E-state index in [-0.39, 0.29) is 35.1 Å². The number of phenols is 4. The Hall–Kier alpha value is -6.54. The maximum atomic E-state index is 11.2. The minimum Gasteiger partial charge on any atom is -0.508 e. The highest BCUT2D eigenvalue weighted by atomic mass is 16.3. The van der Waals surface area contributed by atoms with E-state index in [9.17, 15) is 20.4 Å². The highest BCUT2D eigenvalue weighted by molar-refractivity contribution is 6.06. The third-order valence-corrected chi connectivity index (χ3v) is 9.55. The van der Waals surface area contributed by atoms with Crippen LogP contribution in [0.4, 0.5) is 22.7 Å². The Balaban J connectivity index is 1.11. The molecule has 6 aromatic rings. The summed E-state index contributed by atoms with van der Waals surface area (Å²) in [5.41, 5.74) is 9.33. The van der Waals surface area contributed by atoms with Crippen molar-refractivity contribution in [3.8, 4) is 23.0 Å². The fourth-order valence-corrected chi connectivity index (χ4v) is 7.01. The zero-order chi connectivity index (χ0) is 34.9. The number of para-hydroxylation sites is 6.